The van der Waals surface area contributed by atoms with Crippen LogP contribution in [0.1, 0.15) is 28.8 Å². The molecule has 0 aromatic heterocycles. The highest BCUT2D eigenvalue weighted by Gasteiger charge is 2.41. The Morgan fingerprint density at radius 1 is 1.14 bits per heavy atom. The highest BCUT2D eigenvalue weighted by molar-refractivity contribution is 5.96. The summed E-state index contributed by atoms with van der Waals surface area (Å²) in [5.41, 5.74) is 1.46. The largest absolute Gasteiger partial charge is 0.353 e. The summed E-state index contributed by atoms with van der Waals surface area (Å²) in [5.74, 6) is 0.187. The molecule has 1 aromatic carbocycles. The normalized spacial score (nSPS) is 30.6. The number of benzene rings is 1. The molecule has 2 N–H and O–H groups in total. The zero-order chi connectivity index (χ0) is 19.6. The summed E-state index contributed by atoms with van der Waals surface area (Å²) in [6, 6.07) is 7.89. The molecule has 0 saturated carbocycles. The van der Waals surface area contributed by atoms with Gasteiger partial charge in [-0.2, -0.15) is 0 Å². The van der Waals surface area contributed by atoms with Gasteiger partial charge in [0.25, 0.3) is 5.91 Å². The Hall–Kier alpha value is -2.18. The number of carbonyl (C=O) groups is 2. The number of carbonyl (C=O) groups excluding carboxylic acids is 2. The Morgan fingerprint density at radius 3 is 2.82 bits per heavy atom. The van der Waals surface area contributed by atoms with E-state index in [0.29, 0.717) is 26.1 Å². The number of nitrogens with one attached hydrogen (secondary N) is 2. The summed E-state index contributed by atoms with van der Waals surface area (Å²) in [4.78, 5) is 30.7. The summed E-state index contributed by atoms with van der Waals surface area (Å²) in [6.07, 6.45) is 6.53. The Balaban J connectivity index is 1.68. The summed E-state index contributed by atoms with van der Waals surface area (Å²) >= 11 is 0. The minimum absolute atomic E-state index is 0.0108. The molecule has 28 heavy (non-hydrogen) atoms. The van der Waals surface area contributed by atoms with Gasteiger partial charge in [-0.1, -0.05) is 30.4 Å². The van der Waals surface area contributed by atoms with Crippen LogP contribution in [0.4, 0.5) is 0 Å². The SMILES string of the molecule is CN1CCN2C(=O)c3ccccc3C/C=C/CC3(CCNC3)C(=O)NCC2C1. The third-order valence-corrected chi connectivity index (χ3v) is 6.43. The van der Waals surface area contributed by atoms with Crippen molar-refractivity contribution in [3.05, 3.63) is 47.5 Å². The zero-order valence-electron chi connectivity index (χ0n) is 16.6. The second kappa shape index (κ2) is 8.05. The molecule has 6 heteroatoms. The van der Waals surface area contributed by atoms with E-state index in [1.807, 2.05) is 29.2 Å². The highest BCUT2D eigenvalue weighted by Crippen LogP contribution is 2.31. The fraction of sp³-hybridized carbons (Fsp3) is 0.545. The molecule has 4 rings (SSSR count). The van der Waals surface area contributed by atoms with Crippen LogP contribution in [0.15, 0.2) is 36.4 Å². The molecule has 2 fully saturated rings. The van der Waals surface area contributed by atoms with Crippen LogP contribution in [-0.2, 0) is 11.2 Å². The van der Waals surface area contributed by atoms with Crippen molar-refractivity contribution in [2.24, 2.45) is 5.41 Å². The number of rotatable bonds is 0. The first kappa shape index (κ1) is 19.2. The Kier molecular flexibility index (Phi) is 5.51. The lowest BCUT2D eigenvalue weighted by Crippen LogP contribution is -2.58. The number of likely N-dealkylation sites (N-methyl/N-ethyl adjacent to an activating group) is 1. The van der Waals surface area contributed by atoms with Gasteiger partial charge in [0.2, 0.25) is 5.91 Å². The van der Waals surface area contributed by atoms with Gasteiger partial charge in [0.05, 0.1) is 11.5 Å². The average Bonchev–Trinajstić information content (AvgIpc) is 3.19. The van der Waals surface area contributed by atoms with Crippen molar-refractivity contribution in [1.82, 2.24) is 20.4 Å². The van der Waals surface area contributed by atoms with Crippen LogP contribution >= 0.6 is 0 Å². The number of nitrogens with zero attached hydrogens (tertiary/aromatic N) is 2. The van der Waals surface area contributed by atoms with Crippen LogP contribution < -0.4 is 10.6 Å². The molecule has 0 bridgehead atoms. The quantitative estimate of drug-likeness (QED) is 0.658. The van der Waals surface area contributed by atoms with Gasteiger partial charge in [0.1, 0.15) is 0 Å². The molecule has 3 aliphatic rings. The van der Waals surface area contributed by atoms with Crippen LogP contribution in [0.5, 0.6) is 0 Å². The van der Waals surface area contributed by atoms with E-state index in [1.54, 1.807) is 0 Å². The van der Waals surface area contributed by atoms with Gasteiger partial charge in [-0.25, -0.2) is 0 Å². The first-order chi connectivity index (χ1) is 13.6. The summed E-state index contributed by atoms with van der Waals surface area (Å²) in [5, 5.41) is 6.54. The van der Waals surface area contributed by atoms with Gasteiger partial charge in [0, 0.05) is 38.3 Å². The van der Waals surface area contributed by atoms with Gasteiger partial charge in [-0.3, -0.25) is 9.59 Å². The standard InChI is InChI=1S/C22H30N4O2/c1-25-12-13-26-18(15-25)14-24-21(28)22(10-11-23-16-22)9-5-4-7-17-6-2-3-8-19(17)20(26)27/h2-6,8,18,23H,7,9-16H2,1H3,(H,24,28)/b5-4+. The van der Waals surface area contributed by atoms with Gasteiger partial charge < -0.3 is 20.4 Å². The molecule has 1 spiro atoms. The van der Waals surface area contributed by atoms with Crippen LogP contribution in [-0.4, -0.2) is 74.0 Å². The molecule has 2 unspecified atom stereocenters. The van der Waals surface area contributed by atoms with Crippen molar-refractivity contribution >= 4 is 11.8 Å². The van der Waals surface area contributed by atoms with Crippen molar-refractivity contribution in [2.75, 3.05) is 46.3 Å². The third kappa shape index (κ3) is 3.71. The number of hydrogen-bond donors (Lipinski definition) is 2. The lowest BCUT2D eigenvalue weighted by molar-refractivity contribution is -0.130. The fourth-order valence-corrected chi connectivity index (χ4v) is 4.64. The van der Waals surface area contributed by atoms with Crippen LogP contribution in [0, 0.1) is 5.41 Å². The van der Waals surface area contributed by atoms with E-state index in [-0.39, 0.29) is 23.3 Å². The van der Waals surface area contributed by atoms with Crippen molar-refractivity contribution in [2.45, 2.75) is 25.3 Å². The number of piperazine rings is 1. The monoisotopic (exact) mass is 382 g/mol. The average molecular weight is 383 g/mol. The van der Waals surface area contributed by atoms with Crippen molar-refractivity contribution < 1.29 is 9.59 Å². The zero-order valence-corrected chi connectivity index (χ0v) is 16.6. The predicted molar refractivity (Wildman–Crippen MR) is 109 cm³/mol. The first-order valence-corrected chi connectivity index (χ1v) is 10.3. The van der Waals surface area contributed by atoms with Crippen molar-refractivity contribution in [3.8, 4) is 0 Å². The van der Waals surface area contributed by atoms with Gasteiger partial charge in [-0.15, -0.1) is 0 Å². The first-order valence-electron chi connectivity index (χ1n) is 10.3. The highest BCUT2D eigenvalue weighted by atomic mass is 16.2. The number of allylic oxidation sites excluding steroid dienone is 2. The van der Waals surface area contributed by atoms with E-state index in [2.05, 4.69) is 34.7 Å². The Labute approximate surface area is 167 Å². The molecule has 150 valence electrons. The Morgan fingerprint density at radius 2 is 2.00 bits per heavy atom. The smallest absolute Gasteiger partial charge is 0.254 e. The topological polar surface area (TPSA) is 64.7 Å². The minimum Gasteiger partial charge on any atom is -0.353 e. The summed E-state index contributed by atoms with van der Waals surface area (Å²) in [6.45, 7) is 4.41. The molecule has 3 heterocycles. The van der Waals surface area contributed by atoms with Crippen LogP contribution in [0.25, 0.3) is 0 Å². The molecule has 0 aliphatic carbocycles. The fourth-order valence-electron chi connectivity index (χ4n) is 4.64. The molecule has 1 aromatic rings. The maximum absolute atomic E-state index is 13.4. The molecule has 6 nitrogen and oxygen atoms in total. The molecule has 3 aliphatic heterocycles. The molecular formula is C22H30N4O2. The van der Waals surface area contributed by atoms with E-state index in [1.165, 1.54) is 0 Å². The van der Waals surface area contributed by atoms with E-state index in [0.717, 1.165) is 43.6 Å². The van der Waals surface area contributed by atoms with Crippen LogP contribution in [0.3, 0.4) is 0 Å². The summed E-state index contributed by atoms with van der Waals surface area (Å²) in [7, 11) is 2.07. The minimum atomic E-state index is -0.376. The van der Waals surface area contributed by atoms with Gasteiger partial charge in [0.15, 0.2) is 0 Å². The number of fused-ring (bicyclic) bond motifs is 2. The van der Waals surface area contributed by atoms with Crippen molar-refractivity contribution in [1.29, 1.82) is 0 Å². The molecule has 2 amide bonds. The van der Waals surface area contributed by atoms with E-state index < -0.39 is 0 Å². The molecule has 2 saturated heterocycles. The number of amides is 2. The maximum atomic E-state index is 13.4. The summed E-state index contributed by atoms with van der Waals surface area (Å²) < 4.78 is 0. The lowest BCUT2D eigenvalue weighted by Gasteiger charge is -2.40. The lowest BCUT2D eigenvalue weighted by atomic mass is 9.82. The van der Waals surface area contributed by atoms with Crippen molar-refractivity contribution in [3.63, 3.8) is 0 Å². The van der Waals surface area contributed by atoms with Gasteiger partial charge >= 0.3 is 0 Å². The second-order valence-electron chi connectivity index (χ2n) is 8.37. The second-order valence-corrected chi connectivity index (χ2v) is 8.37. The Bertz CT molecular complexity index is 770. The third-order valence-electron chi connectivity index (χ3n) is 6.43. The maximum Gasteiger partial charge on any atom is 0.254 e. The predicted octanol–water partition coefficient (Wildman–Crippen LogP) is 1.04. The molecule has 0 radical (unpaired) electrons. The van der Waals surface area contributed by atoms with E-state index >= 15 is 0 Å². The van der Waals surface area contributed by atoms with Gasteiger partial charge in [-0.05, 0) is 44.5 Å². The molecule has 2 atom stereocenters. The number of hydrogen-bond acceptors (Lipinski definition) is 4. The van der Waals surface area contributed by atoms with E-state index in [4.69, 9.17) is 0 Å². The molecular weight excluding hydrogens is 352 g/mol. The van der Waals surface area contributed by atoms with E-state index in [9.17, 15) is 9.59 Å². The van der Waals surface area contributed by atoms with Crippen LogP contribution in [0.2, 0.25) is 0 Å².